The normalized spacial score (nSPS) is 8.47. The van der Waals surface area contributed by atoms with Gasteiger partial charge in [-0.1, -0.05) is 53.4 Å². The van der Waals surface area contributed by atoms with Gasteiger partial charge in [0.05, 0.1) is 0 Å². The first-order valence-corrected chi connectivity index (χ1v) is 6.23. The zero-order chi connectivity index (χ0) is 12.5. The van der Waals surface area contributed by atoms with Crippen molar-refractivity contribution in [2.75, 3.05) is 7.11 Å². The van der Waals surface area contributed by atoms with Crippen molar-refractivity contribution in [1.29, 1.82) is 0 Å². The van der Waals surface area contributed by atoms with Crippen LogP contribution in [0.25, 0.3) is 0 Å². The number of aldehydes is 1. The Balaban J connectivity index is -0.000000318. The molecule has 0 aliphatic carbocycles. The number of rotatable bonds is 7. The van der Waals surface area contributed by atoms with Crippen LogP contribution < -0.4 is 0 Å². The van der Waals surface area contributed by atoms with Gasteiger partial charge in [-0.3, -0.25) is 0 Å². The van der Waals surface area contributed by atoms with E-state index in [2.05, 4.69) is 13.8 Å². The minimum Gasteiger partial charge on any atom is -0.400 e. The first-order valence-electron chi connectivity index (χ1n) is 6.23. The van der Waals surface area contributed by atoms with Crippen LogP contribution in [0.2, 0.25) is 0 Å². The Hall–Kier alpha value is -0.370. The molecule has 94 valence electrons. The van der Waals surface area contributed by atoms with Crippen LogP contribution in [0, 0.1) is 5.92 Å². The lowest BCUT2D eigenvalue weighted by Gasteiger charge is -2.12. The standard InChI is InChI=1S/C10H20O.C2H6.CH4O/c1-3-6-10(7-4-2)8-5-9-11;2*1-2/h9-10H,3-8H2,1-2H3;1-2H3;2H,1H3. The molecule has 0 saturated heterocycles. The second-order valence-electron chi connectivity index (χ2n) is 3.19. The van der Waals surface area contributed by atoms with Gasteiger partial charge in [-0.15, -0.1) is 0 Å². The van der Waals surface area contributed by atoms with E-state index >= 15 is 0 Å². The van der Waals surface area contributed by atoms with Crippen molar-refractivity contribution in [2.24, 2.45) is 5.92 Å². The van der Waals surface area contributed by atoms with Crippen molar-refractivity contribution in [3.8, 4) is 0 Å². The lowest BCUT2D eigenvalue weighted by atomic mass is 9.94. The lowest BCUT2D eigenvalue weighted by Crippen LogP contribution is -1.99. The fourth-order valence-electron chi connectivity index (χ4n) is 1.55. The van der Waals surface area contributed by atoms with E-state index in [0.717, 1.165) is 32.2 Å². The summed E-state index contributed by atoms with van der Waals surface area (Å²) in [7, 11) is 1.00. The molecule has 0 aliphatic heterocycles. The molecule has 0 rings (SSSR count). The molecule has 0 radical (unpaired) electrons. The number of carbonyl (C=O) groups excluding carboxylic acids is 1. The molecule has 0 bridgehead atoms. The Labute approximate surface area is 96.1 Å². The molecule has 0 saturated carbocycles. The third-order valence-electron chi connectivity index (χ3n) is 2.09. The van der Waals surface area contributed by atoms with Crippen LogP contribution in [0.15, 0.2) is 0 Å². The molecule has 0 aromatic heterocycles. The van der Waals surface area contributed by atoms with Gasteiger partial charge in [0.15, 0.2) is 0 Å². The van der Waals surface area contributed by atoms with E-state index in [4.69, 9.17) is 5.11 Å². The summed E-state index contributed by atoms with van der Waals surface area (Å²) in [5.41, 5.74) is 0. The van der Waals surface area contributed by atoms with E-state index in [9.17, 15) is 4.79 Å². The molecule has 0 aromatic rings. The summed E-state index contributed by atoms with van der Waals surface area (Å²) >= 11 is 0. The predicted molar refractivity (Wildman–Crippen MR) is 68.1 cm³/mol. The highest BCUT2D eigenvalue weighted by molar-refractivity contribution is 5.49. The van der Waals surface area contributed by atoms with Crippen molar-refractivity contribution in [1.82, 2.24) is 0 Å². The zero-order valence-electron chi connectivity index (χ0n) is 11.3. The Morgan fingerprint density at radius 3 is 1.67 bits per heavy atom. The predicted octanol–water partition coefficient (Wildman–Crippen LogP) is 3.82. The average molecular weight is 218 g/mol. The highest BCUT2D eigenvalue weighted by Crippen LogP contribution is 2.18. The van der Waals surface area contributed by atoms with Crippen LogP contribution in [-0.4, -0.2) is 18.5 Å². The fourth-order valence-corrected chi connectivity index (χ4v) is 1.55. The van der Waals surface area contributed by atoms with Gasteiger partial charge in [-0.25, -0.2) is 0 Å². The van der Waals surface area contributed by atoms with Crippen LogP contribution in [0.5, 0.6) is 0 Å². The number of aliphatic hydroxyl groups is 1. The summed E-state index contributed by atoms with van der Waals surface area (Å²) in [6, 6.07) is 0. The van der Waals surface area contributed by atoms with E-state index in [1.807, 2.05) is 13.8 Å². The third-order valence-corrected chi connectivity index (χ3v) is 2.09. The summed E-state index contributed by atoms with van der Waals surface area (Å²) in [5.74, 6) is 0.801. The van der Waals surface area contributed by atoms with Crippen molar-refractivity contribution < 1.29 is 9.90 Å². The molecular weight excluding hydrogens is 188 g/mol. The van der Waals surface area contributed by atoms with E-state index in [0.29, 0.717) is 0 Å². The van der Waals surface area contributed by atoms with Crippen LogP contribution in [-0.2, 0) is 4.79 Å². The van der Waals surface area contributed by atoms with Gasteiger partial charge in [-0.2, -0.15) is 0 Å². The van der Waals surface area contributed by atoms with Crippen molar-refractivity contribution in [3.05, 3.63) is 0 Å². The van der Waals surface area contributed by atoms with Crippen molar-refractivity contribution >= 4 is 6.29 Å². The van der Waals surface area contributed by atoms with Crippen LogP contribution in [0.3, 0.4) is 0 Å². The molecule has 0 aromatic carbocycles. The van der Waals surface area contributed by atoms with Gasteiger partial charge < -0.3 is 9.90 Å². The average Bonchev–Trinajstić information content (AvgIpc) is 2.32. The summed E-state index contributed by atoms with van der Waals surface area (Å²) in [4.78, 5) is 10.1. The number of aliphatic hydroxyl groups excluding tert-OH is 1. The maximum Gasteiger partial charge on any atom is 0.120 e. The van der Waals surface area contributed by atoms with E-state index < -0.39 is 0 Å². The molecule has 0 amide bonds. The fraction of sp³-hybridized carbons (Fsp3) is 0.923. The van der Waals surface area contributed by atoms with Crippen LogP contribution in [0.1, 0.15) is 66.2 Å². The zero-order valence-corrected chi connectivity index (χ0v) is 11.3. The molecular formula is C13H30O2. The second kappa shape index (κ2) is 23.4. The quantitative estimate of drug-likeness (QED) is 0.660. The smallest absolute Gasteiger partial charge is 0.120 e. The van der Waals surface area contributed by atoms with E-state index in [1.165, 1.54) is 25.7 Å². The number of hydrogen-bond donors (Lipinski definition) is 1. The molecule has 0 fully saturated rings. The molecule has 2 heteroatoms. The maximum absolute atomic E-state index is 10.1. The molecule has 15 heavy (non-hydrogen) atoms. The minimum absolute atomic E-state index is 0.755. The van der Waals surface area contributed by atoms with Crippen LogP contribution in [0.4, 0.5) is 0 Å². The summed E-state index contributed by atoms with van der Waals surface area (Å²) in [6.45, 7) is 8.42. The van der Waals surface area contributed by atoms with Gasteiger partial charge >= 0.3 is 0 Å². The molecule has 2 nitrogen and oxygen atoms in total. The Kier molecular flexibility index (Phi) is 31.4. The first kappa shape index (κ1) is 20.1. The van der Waals surface area contributed by atoms with E-state index in [-0.39, 0.29) is 0 Å². The Morgan fingerprint density at radius 1 is 1.00 bits per heavy atom. The van der Waals surface area contributed by atoms with Gasteiger partial charge in [0.2, 0.25) is 0 Å². The molecule has 0 heterocycles. The van der Waals surface area contributed by atoms with Gasteiger partial charge in [0.25, 0.3) is 0 Å². The first-order chi connectivity index (χ1) is 7.35. The maximum atomic E-state index is 10.1. The molecule has 0 spiro atoms. The molecule has 0 unspecified atom stereocenters. The lowest BCUT2D eigenvalue weighted by molar-refractivity contribution is -0.108. The Bertz CT molecular complexity index is 86.5. The van der Waals surface area contributed by atoms with Crippen molar-refractivity contribution in [3.63, 3.8) is 0 Å². The van der Waals surface area contributed by atoms with Crippen molar-refractivity contribution in [2.45, 2.75) is 66.2 Å². The second-order valence-corrected chi connectivity index (χ2v) is 3.19. The largest absolute Gasteiger partial charge is 0.400 e. The highest BCUT2D eigenvalue weighted by atomic mass is 16.2. The van der Waals surface area contributed by atoms with Gasteiger partial charge in [0.1, 0.15) is 6.29 Å². The SMILES string of the molecule is CC.CCCC(CCC)CCC=O.CO. The summed E-state index contributed by atoms with van der Waals surface area (Å²) < 4.78 is 0. The molecule has 0 atom stereocenters. The Morgan fingerprint density at radius 2 is 1.40 bits per heavy atom. The monoisotopic (exact) mass is 218 g/mol. The van der Waals surface area contributed by atoms with Gasteiger partial charge in [0, 0.05) is 13.5 Å². The summed E-state index contributed by atoms with van der Waals surface area (Å²) in [5, 5.41) is 7.00. The number of carbonyl (C=O) groups is 1. The van der Waals surface area contributed by atoms with Gasteiger partial charge in [-0.05, 0) is 12.3 Å². The summed E-state index contributed by atoms with van der Waals surface area (Å²) in [6.07, 6.45) is 7.99. The number of hydrogen-bond acceptors (Lipinski definition) is 2. The minimum atomic E-state index is 0.755. The highest BCUT2D eigenvalue weighted by Gasteiger charge is 2.04. The third kappa shape index (κ3) is 19.9. The molecule has 0 aliphatic rings. The topological polar surface area (TPSA) is 37.3 Å². The van der Waals surface area contributed by atoms with E-state index in [1.54, 1.807) is 0 Å². The van der Waals surface area contributed by atoms with Crippen LogP contribution >= 0.6 is 0 Å². The molecule has 1 N–H and O–H groups in total.